The van der Waals surface area contributed by atoms with E-state index in [2.05, 4.69) is 6.92 Å². The van der Waals surface area contributed by atoms with Crippen LogP contribution in [0.4, 0.5) is 4.79 Å². The van der Waals surface area contributed by atoms with Gasteiger partial charge in [0.05, 0.1) is 18.3 Å². The highest BCUT2D eigenvalue weighted by Crippen LogP contribution is 2.29. The van der Waals surface area contributed by atoms with Gasteiger partial charge >= 0.3 is 12.1 Å². The number of nitrogens with zero attached hydrogens (tertiary/aromatic N) is 1. The zero-order chi connectivity index (χ0) is 31.9. The van der Waals surface area contributed by atoms with E-state index in [1.165, 1.54) is 32.1 Å². The van der Waals surface area contributed by atoms with Crippen molar-refractivity contribution in [1.82, 2.24) is 4.90 Å². The van der Waals surface area contributed by atoms with Crippen molar-refractivity contribution < 1.29 is 33.6 Å². The molecule has 0 aromatic heterocycles. The van der Waals surface area contributed by atoms with Crippen molar-refractivity contribution in [3.8, 4) is 0 Å². The molecule has 8 heteroatoms. The van der Waals surface area contributed by atoms with Crippen LogP contribution in [0, 0.1) is 11.8 Å². The van der Waals surface area contributed by atoms with Gasteiger partial charge in [0.25, 0.3) is 0 Å². The smallest absolute Gasteiger partial charge is 0.410 e. The van der Waals surface area contributed by atoms with Crippen LogP contribution in [-0.2, 0) is 23.7 Å². The Labute approximate surface area is 257 Å². The summed E-state index contributed by atoms with van der Waals surface area (Å²) in [6, 6.07) is 0.288. The van der Waals surface area contributed by atoms with Crippen molar-refractivity contribution in [3.05, 3.63) is 0 Å². The first kappa shape index (κ1) is 38.6. The molecule has 3 fully saturated rings. The fourth-order valence-corrected chi connectivity index (χ4v) is 5.89. The molecule has 0 unspecified atom stereocenters. The second kappa shape index (κ2) is 19.1. The number of hydrogen-bond donors (Lipinski definition) is 1. The Morgan fingerprint density at radius 3 is 1.52 bits per heavy atom. The van der Waals surface area contributed by atoms with Crippen LogP contribution in [0.5, 0.6) is 0 Å². The molecule has 0 bridgehead atoms. The van der Waals surface area contributed by atoms with Crippen molar-refractivity contribution in [2.45, 2.75) is 174 Å². The van der Waals surface area contributed by atoms with Crippen LogP contribution in [0.3, 0.4) is 0 Å². The van der Waals surface area contributed by atoms with Gasteiger partial charge in [-0.2, -0.15) is 0 Å². The standard InChI is InChI=1S/C13H25NO3.C12H22O3.C9H18O/c1-13(2,3)17-12(15)14(4)10-6-8-11(16-5)9-7-10;1-12(2,3)15-11(14)8-9-4-6-10(13)7-5-9;1-3-8-4-6-9(10-2)7-5-8/h10-11H,6-9H2,1-5H3;9-10,13H,4-8H2,1-3H3;8-9H,3-7H2,1-2H3. The maximum Gasteiger partial charge on any atom is 0.410 e. The van der Waals surface area contributed by atoms with Crippen LogP contribution in [0.25, 0.3) is 0 Å². The minimum absolute atomic E-state index is 0.108. The molecule has 0 aliphatic heterocycles. The van der Waals surface area contributed by atoms with E-state index >= 15 is 0 Å². The first-order valence-corrected chi connectivity index (χ1v) is 16.5. The number of carbonyl (C=O) groups excluding carboxylic acids is 2. The minimum atomic E-state index is -0.422. The molecule has 3 aliphatic rings. The lowest BCUT2D eigenvalue weighted by molar-refractivity contribution is -0.156. The summed E-state index contributed by atoms with van der Waals surface area (Å²) in [5.74, 6) is 1.29. The van der Waals surface area contributed by atoms with Crippen LogP contribution in [0.15, 0.2) is 0 Å². The SMILES string of the molecule is CC(C)(C)OC(=O)CC1CCC(O)CC1.CCC1CCC(OC)CC1.COC1CCC(N(C)C(=O)OC(C)(C)C)CC1. The molecular weight excluding hydrogens is 534 g/mol. The molecule has 42 heavy (non-hydrogen) atoms. The number of hydrogen-bond acceptors (Lipinski definition) is 7. The summed E-state index contributed by atoms with van der Waals surface area (Å²) in [7, 11) is 5.41. The third-order valence-electron chi connectivity index (χ3n) is 8.60. The molecule has 0 radical (unpaired) electrons. The lowest BCUT2D eigenvalue weighted by Gasteiger charge is -2.35. The topological polar surface area (TPSA) is 94.5 Å². The van der Waals surface area contributed by atoms with Gasteiger partial charge in [0.1, 0.15) is 11.2 Å². The van der Waals surface area contributed by atoms with E-state index in [0.29, 0.717) is 24.5 Å². The fraction of sp³-hybridized carbons (Fsp3) is 0.941. The Kier molecular flexibility index (Phi) is 17.6. The molecule has 0 spiro atoms. The lowest BCUT2D eigenvalue weighted by atomic mass is 9.85. The number of ether oxygens (including phenoxy) is 4. The largest absolute Gasteiger partial charge is 0.460 e. The Balaban J connectivity index is 0.000000325. The second-order valence-electron chi connectivity index (χ2n) is 14.5. The van der Waals surface area contributed by atoms with E-state index in [-0.39, 0.29) is 29.8 Å². The highest BCUT2D eigenvalue weighted by atomic mass is 16.6. The van der Waals surface area contributed by atoms with Gasteiger partial charge in [0.15, 0.2) is 0 Å². The number of carbonyl (C=O) groups is 2. The van der Waals surface area contributed by atoms with E-state index in [0.717, 1.165) is 57.3 Å². The lowest BCUT2D eigenvalue weighted by Crippen LogP contribution is -2.43. The molecule has 0 aromatic carbocycles. The Morgan fingerprint density at radius 2 is 1.12 bits per heavy atom. The van der Waals surface area contributed by atoms with E-state index in [4.69, 9.17) is 18.9 Å². The third-order valence-corrected chi connectivity index (χ3v) is 8.60. The average molecular weight is 600 g/mol. The van der Waals surface area contributed by atoms with E-state index in [9.17, 15) is 14.7 Å². The monoisotopic (exact) mass is 599 g/mol. The normalized spacial score (nSPS) is 28.3. The van der Waals surface area contributed by atoms with Crippen LogP contribution in [-0.4, -0.2) is 78.9 Å². The van der Waals surface area contributed by atoms with Crippen molar-refractivity contribution in [1.29, 1.82) is 0 Å². The summed E-state index contributed by atoms with van der Waals surface area (Å²) in [4.78, 5) is 25.1. The van der Waals surface area contributed by atoms with E-state index in [1.807, 2.05) is 55.7 Å². The molecule has 3 aliphatic carbocycles. The van der Waals surface area contributed by atoms with Crippen molar-refractivity contribution in [2.24, 2.45) is 11.8 Å². The van der Waals surface area contributed by atoms with E-state index < -0.39 is 5.60 Å². The predicted octanol–water partition coefficient (Wildman–Crippen LogP) is 7.68. The first-order valence-electron chi connectivity index (χ1n) is 16.5. The Bertz CT molecular complexity index is 724. The van der Waals surface area contributed by atoms with Gasteiger partial charge < -0.3 is 29.0 Å². The summed E-state index contributed by atoms with van der Waals surface area (Å²) >= 11 is 0. The average Bonchev–Trinajstić information content (AvgIpc) is 2.93. The molecule has 0 aromatic rings. The quantitative estimate of drug-likeness (QED) is 0.313. The van der Waals surface area contributed by atoms with Gasteiger partial charge in [-0.05, 0) is 130 Å². The Hall–Kier alpha value is -1.38. The van der Waals surface area contributed by atoms with Gasteiger partial charge in [-0.3, -0.25) is 4.79 Å². The summed E-state index contributed by atoms with van der Waals surface area (Å²) in [6.45, 7) is 13.6. The molecule has 1 amide bonds. The fourth-order valence-electron chi connectivity index (χ4n) is 5.89. The summed E-state index contributed by atoms with van der Waals surface area (Å²) < 4.78 is 21.2. The van der Waals surface area contributed by atoms with Crippen molar-refractivity contribution in [2.75, 3.05) is 21.3 Å². The van der Waals surface area contributed by atoms with Gasteiger partial charge in [-0.15, -0.1) is 0 Å². The molecule has 3 rings (SSSR count). The maximum absolute atomic E-state index is 11.9. The summed E-state index contributed by atoms with van der Waals surface area (Å²) in [6.07, 6.45) is 15.3. The molecule has 248 valence electrons. The Morgan fingerprint density at radius 1 is 0.690 bits per heavy atom. The summed E-state index contributed by atoms with van der Waals surface area (Å²) in [5.41, 5.74) is -0.805. The minimum Gasteiger partial charge on any atom is -0.460 e. The first-order chi connectivity index (χ1) is 19.6. The number of esters is 1. The van der Waals surface area contributed by atoms with Gasteiger partial charge in [-0.1, -0.05) is 13.3 Å². The highest BCUT2D eigenvalue weighted by molar-refractivity contribution is 5.70. The van der Waals surface area contributed by atoms with Crippen LogP contribution in [0.2, 0.25) is 0 Å². The molecule has 3 saturated carbocycles. The van der Waals surface area contributed by atoms with Crippen LogP contribution < -0.4 is 0 Å². The molecular formula is C34H65NO7. The number of amides is 1. The summed E-state index contributed by atoms with van der Waals surface area (Å²) in [5, 5.41) is 9.33. The molecule has 0 saturated heterocycles. The number of aliphatic hydroxyl groups is 1. The third kappa shape index (κ3) is 17.0. The second-order valence-corrected chi connectivity index (χ2v) is 14.5. The van der Waals surface area contributed by atoms with Gasteiger partial charge in [0.2, 0.25) is 0 Å². The molecule has 0 atom stereocenters. The number of methoxy groups -OCH3 is 2. The number of aliphatic hydroxyl groups excluding tert-OH is 1. The van der Waals surface area contributed by atoms with Crippen LogP contribution >= 0.6 is 0 Å². The molecule has 1 N–H and O–H groups in total. The maximum atomic E-state index is 11.9. The molecule has 0 heterocycles. The van der Waals surface area contributed by atoms with E-state index in [1.54, 1.807) is 12.0 Å². The van der Waals surface area contributed by atoms with Gasteiger partial charge in [0, 0.05) is 33.7 Å². The number of rotatable bonds is 6. The highest BCUT2D eigenvalue weighted by Gasteiger charge is 2.29. The van der Waals surface area contributed by atoms with Crippen molar-refractivity contribution >= 4 is 12.1 Å². The van der Waals surface area contributed by atoms with Gasteiger partial charge in [-0.25, -0.2) is 4.79 Å². The zero-order valence-corrected chi connectivity index (χ0v) is 28.7. The predicted molar refractivity (Wildman–Crippen MR) is 169 cm³/mol. The van der Waals surface area contributed by atoms with Crippen LogP contribution in [0.1, 0.15) is 138 Å². The molecule has 8 nitrogen and oxygen atoms in total. The zero-order valence-electron chi connectivity index (χ0n) is 28.7. The van der Waals surface area contributed by atoms with Crippen molar-refractivity contribution in [3.63, 3.8) is 0 Å².